The van der Waals surface area contributed by atoms with E-state index in [0.29, 0.717) is 23.5 Å². The molecule has 1 amide bonds. The molecular weight excluding hydrogens is 240 g/mol. The van der Waals surface area contributed by atoms with Crippen LogP contribution in [0.25, 0.3) is 0 Å². The van der Waals surface area contributed by atoms with Gasteiger partial charge < -0.3 is 10.2 Å². The van der Waals surface area contributed by atoms with Crippen molar-refractivity contribution in [2.75, 3.05) is 19.4 Å². The summed E-state index contributed by atoms with van der Waals surface area (Å²) in [5, 5.41) is 2.89. The van der Waals surface area contributed by atoms with Crippen molar-refractivity contribution in [2.24, 2.45) is 5.92 Å². The van der Waals surface area contributed by atoms with Gasteiger partial charge >= 0.3 is 0 Å². The number of carbonyl (C=O) groups is 1. The molecule has 1 aromatic rings. The Morgan fingerprint density at radius 1 is 1.32 bits per heavy atom. The van der Waals surface area contributed by atoms with Crippen molar-refractivity contribution in [3.8, 4) is 0 Å². The summed E-state index contributed by atoms with van der Waals surface area (Å²) in [5.41, 5.74) is 0.416. The summed E-state index contributed by atoms with van der Waals surface area (Å²) < 4.78 is 0. The Hall–Kier alpha value is -1.65. The standard InChI is InChI=1S/C14H22N4O/c1-10-6-4-5-7-12(10)18(3)14(19)11-8-17-13(15-2)9-16-11/h8-10,12H,4-7H2,1-3H3,(H,15,17). The van der Waals surface area contributed by atoms with E-state index in [9.17, 15) is 4.79 Å². The van der Waals surface area contributed by atoms with E-state index in [1.165, 1.54) is 25.5 Å². The van der Waals surface area contributed by atoms with E-state index in [-0.39, 0.29) is 5.91 Å². The molecule has 0 aromatic carbocycles. The summed E-state index contributed by atoms with van der Waals surface area (Å²) in [6.07, 6.45) is 7.90. The van der Waals surface area contributed by atoms with Gasteiger partial charge in [-0.05, 0) is 18.8 Å². The molecular formula is C14H22N4O. The molecule has 1 aromatic heterocycles. The summed E-state index contributed by atoms with van der Waals surface area (Å²) in [5.74, 6) is 1.20. The Balaban J connectivity index is 2.08. The first kappa shape index (κ1) is 13.8. The zero-order valence-electron chi connectivity index (χ0n) is 11.9. The molecule has 1 heterocycles. The van der Waals surface area contributed by atoms with Gasteiger partial charge in [0, 0.05) is 20.1 Å². The monoisotopic (exact) mass is 262 g/mol. The van der Waals surface area contributed by atoms with Crippen LogP contribution in [0.15, 0.2) is 12.4 Å². The first-order valence-corrected chi connectivity index (χ1v) is 6.90. The van der Waals surface area contributed by atoms with Gasteiger partial charge in [0.1, 0.15) is 11.5 Å². The predicted molar refractivity (Wildman–Crippen MR) is 75.1 cm³/mol. The second-order valence-corrected chi connectivity index (χ2v) is 5.28. The number of hydrogen-bond acceptors (Lipinski definition) is 4. The number of carbonyl (C=O) groups excluding carboxylic acids is 1. The molecule has 104 valence electrons. The molecule has 0 radical (unpaired) electrons. The van der Waals surface area contributed by atoms with E-state index in [1.54, 1.807) is 13.2 Å². The Morgan fingerprint density at radius 2 is 2.05 bits per heavy atom. The van der Waals surface area contributed by atoms with E-state index in [0.717, 1.165) is 6.42 Å². The maximum atomic E-state index is 12.4. The number of rotatable bonds is 3. The van der Waals surface area contributed by atoms with Crippen LogP contribution in [-0.4, -0.2) is 40.9 Å². The highest BCUT2D eigenvalue weighted by atomic mass is 16.2. The molecule has 1 aliphatic carbocycles. The van der Waals surface area contributed by atoms with E-state index in [1.807, 2.05) is 11.9 Å². The van der Waals surface area contributed by atoms with Gasteiger partial charge in [-0.25, -0.2) is 9.97 Å². The lowest BCUT2D eigenvalue weighted by Gasteiger charge is -2.36. The average Bonchev–Trinajstić information content (AvgIpc) is 2.46. The summed E-state index contributed by atoms with van der Waals surface area (Å²) in [6, 6.07) is 0.326. The highest BCUT2D eigenvalue weighted by Gasteiger charge is 2.28. The van der Waals surface area contributed by atoms with Gasteiger partial charge in [0.05, 0.1) is 12.4 Å². The smallest absolute Gasteiger partial charge is 0.274 e. The summed E-state index contributed by atoms with van der Waals surface area (Å²) in [7, 11) is 3.66. The van der Waals surface area contributed by atoms with E-state index < -0.39 is 0 Å². The van der Waals surface area contributed by atoms with Crippen molar-refractivity contribution in [3.63, 3.8) is 0 Å². The molecule has 0 spiro atoms. The molecule has 1 N–H and O–H groups in total. The number of nitrogens with one attached hydrogen (secondary N) is 1. The zero-order chi connectivity index (χ0) is 13.8. The number of nitrogens with zero attached hydrogens (tertiary/aromatic N) is 3. The topological polar surface area (TPSA) is 58.1 Å². The predicted octanol–water partition coefficient (Wildman–Crippen LogP) is 2.17. The molecule has 5 nitrogen and oxygen atoms in total. The molecule has 1 aliphatic rings. The lowest BCUT2D eigenvalue weighted by Crippen LogP contribution is -2.42. The minimum absolute atomic E-state index is 0.0334. The van der Waals surface area contributed by atoms with Crippen LogP contribution in [-0.2, 0) is 0 Å². The lowest BCUT2D eigenvalue weighted by atomic mass is 9.85. The highest BCUT2D eigenvalue weighted by Crippen LogP contribution is 2.27. The van der Waals surface area contributed by atoms with Crippen molar-refractivity contribution in [2.45, 2.75) is 38.6 Å². The van der Waals surface area contributed by atoms with Gasteiger partial charge in [0.15, 0.2) is 0 Å². The number of hydrogen-bond donors (Lipinski definition) is 1. The van der Waals surface area contributed by atoms with Crippen LogP contribution in [0.1, 0.15) is 43.1 Å². The zero-order valence-corrected chi connectivity index (χ0v) is 11.9. The molecule has 0 bridgehead atoms. The quantitative estimate of drug-likeness (QED) is 0.907. The molecule has 2 rings (SSSR count). The lowest BCUT2D eigenvalue weighted by molar-refractivity contribution is 0.0622. The Morgan fingerprint density at radius 3 is 2.63 bits per heavy atom. The Kier molecular flexibility index (Phi) is 4.35. The maximum absolute atomic E-state index is 12.4. The third-order valence-electron chi connectivity index (χ3n) is 4.01. The first-order chi connectivity index (χ1) is 9.13. The van der Waals surface area contributed by atoms with Crippen molar-refractivity contribution in [1.82, 2.24) is 14.9 Å². The second-order valence-electron chi connectivity index (χ2n) is 5.28. The van der Waals surface area contributed by atoms with Crippen LogP contribution in [0, 0.1) is 5.92 Å². The van der Waals surface area contributed by atoms with Crippen LogP contribution in [0.5, 0.6) is 0 Å². The highest BCUT2D eigenvalue weighted by molar-refractivity contribution is 5.92. The van der Waals surface area contributed by atoms with Crippen molar-refractivity contribution >= 4 is 11.7 Å². The summed E-state index contributed by atoms with van der Waals surface area (Å²) >= 11 is 0. The molecule has 0 saturated heterocycles. The molecule has 2 atom stereocenters. The van der Waals surface area contributed by atoms with Crippen LogP contribution < -0.4 is 5.32 Å². The van der Waals surface area contributed by atoms with E-state index in [4.69, 9.17) is 0 Å². The normalized spacial score (nSPS) is 22.9. The van der Waals surface area contributed by atoms with Crippen LogP contribution in [0.3, 0.4) is 0 Å². The fraction of sp³-hybridized carbons (Fsp3) is 0.643. The van der Waals surface area contributed by atoms with Crippen LogP contribution in [0.4, 0.5) is 5.82 Å². The van der Waals surface area contributed by atoms with Gasteiger partial charge in [-0.1, -0.05) is 19.8 Å². The third-order valence-corrected chi connectivity index (χ3v) is 4.01. The second kappa shape index (κ2) is 5.99. The third kappa shape index (κ3) is 3.03. The maximum Gasteiger partial charge on any atom is 0.274 e. The van der Waals surface area contributed by atoms with E-state index in [2.05, 4.69) is 22.2 Å². The molecule has 1 fully saturated rings. The summed E-state index contributed by atoms with van der Waals surface area (Å²) in [6.45, 7) is 2.23. The van der Waals surface area contributed by atoms with Crippen LogP contribution in [0.2, 0.25) is 0 Å². The van der Waals surface area contributed by atoms with E-state index >= 15 is 0 Å². The largest absolute Gasteiger partial charge is 0.372 e. The molecule has 0 aliphatic heterocycles. The molecule has 19 heavy (non-hydrogen) atoms. The minimum Gasteiger partial charge on any atom is -0.372 e. The van der Waals surface area contributed by atoms with Crippen LogP contribution >= 0.6 is 0 Å². The molecule has 2 unspecified atom stereocenters. The molecule has 5 heteroatoms. The number of amides is 1. The Labute approximate surface area is 114 Å². The van der Waals surface area contributed by atoms with Gasteiger partial charge in [-0.15, -0.1) is 0 Å². The van der Waals surface area contributed by atoms with Gasteiger partial charge in [0.25, 0.3) is 5.91 Å². The fourth-order valence-corrected chi connectivity index (χ4v) is 2.77. The van der Waals surface area contributed by atoms with Crippen molar-refractivity contribution < 1.29 is 4.79 Å². The summed E-state index contributed by atoms with van der Waals surface area (Å²) in [4.78, 5) is 22.6. The van der Waals surface area contributed by atoms with Gasteiger partial charge in [-0.3, -0.25) is 4.79 Å². The Bertz CT molecular complexity index is 432. The first-order valence-electron chi connectivity index (χ1n) is 6.90. The fourth-order valence-electron chi connectivity index (χ4n) is 2.77. The SMILES string of the molecule is CNc1cnc(C(=O)N(C)C2CCCCC2C)cn1. The number of anilines is 1. The van der Waals surface area contributed by atoms with Gasteiger partial charge in [-0.2, -0.15) is 0 Å². The minimum atomic E-state index is -0.0334. The van der Waals surface area contributed by atoms with Gasteiger partial charge in [0.2, 0.25) is 0 Å². The van der Waals surface area contributed by atoms with Crippen molar-refractivity contribution in [1.29, 1.82) is 0 Å². The average molecular weight is 262 g/mol. The number of aromatic nitrogens is 2. The van der Waals surface area contributed by atoms with Crippen molar-refractivity contribution in [3.05, 3.63) is 18.1 Å². The molecule has 1 saturated carbocycles.